The smallest absolute Gasteiger partial charge is 0.123 e. The molecule has 0 aliphatic heterocycles. The lowest BCUT2D eigenvalue weighted by Crippen LogP contribution is -2.41. The molecule has 0 spiro atoms. The minimum atomic E-state index is -0.149. The van der Waals surface area contributed by atoms with Crippen LogP contribution < -0.4 is 5.32 Å². The Labute approximate surface area is 117 Å². The summed E-state index contributed by atoms with van der Waals surface area (Å²) in [5.41, 5.74) is 1.27. The van der Waals surface area contributed by atoms with Crippen LogP contribution in [0.5, 0.6) is 0 Å². The van der Waals surface area contributed by atoms with Crippen molar-refractivity contribution in [1.82, 2.24) is 5.32 Å². The molecule has 1 fully saturated rings. The molecule has 1 saturated carbocycles. The number of nitrogens with one attached hydrogen (secondary N) is 1. The van der Waals surface area contributed by atoms with Crippen LogP contribution in [0.4, 0.5) is 4.39 Å². The van der Waals surface area contributed by atoms with E-state index in [0.717, 1.165) is 12.8 Å². The summed E-state index contributed by atoms with van der Waals surface area (Å²) in [5, 5.41) is 5.79. The molecule has 0 saturated heterocycles. The highest BCUT2D eigenvalue weighted by Gasteiger charge is 2.31. The van der Waals surface area contributed by atoms with E-state index in [1.54, 1.807) is 23.5 Å². The highest BCUT2D eigenvalue weighted by molar-refractivity contribution is 7.10. The zero-order valence-electron chi connectivity index (χ0n) is 11.0. The van der Waals surface area contributed by atoms with Gasteiger partial charge in [-0.3, -0.25) is 0 Å². The van der Waals surface area contributed by atoms with Gasteiger partial charge < -0.3 is 5.32 Å². The molecule has 3 heteroatoms. The number of rotatable bonds is 4. The zero-order valence-corrected chi connectivity index (χ0v) is 11.8. The average Bonchev–Trinajstić information content (AvgIpc) is 2.88. The summed E-state index contributed by atoms with van der Waals surface area (Å²) in [5.74, 6) is 0.442. The van der Waals surface area contributed by atoms with Gasteiger partial charge in [0.2, 0.25) is 0 Å². The highest BCUT2D eigenvalue weighted by Crippen LogP contribution is 2.38. The lowest BCUT2D eigenvalue weighted by Gasteiger charge is -2.38. The van der Waals surface area contributed by atoms with Gasteiger partial charge in [-0.05, 0) is 54.8 Å². The molecule has 0 bridgehead atoms. The van der Waals surface area contributed by atoms with E-state index in [1.165, 1.54) is 10.4 Å². The highest BCUT2D eigenvalue weighted by atomic mass is 32.1. The van der Waals surface area contributed by atoms with Crippen molar-refractivity contribution >= 4 is 11.3 Å². The van der Waals surface area contributed by atoms with Crippen LogP contribution in [-0.2, 0) is 0 Å². The van der Waals surface area contributed by atoms with E-state index < -0.39 is 0 Å². The molecule has 19 heavy (non-hydrogen) atoms. The molecular weight excluding hydrogens is 257 g/mol. The molecule has 3 rings (SSSR count). The lowest BCUT2D eigenvalue weighted by atomic mass is 9.75. The molecule has 100 valence electrons. The quantitative estimate of drug-likeness (QED) is 0.867. The van der Waals surface area contributed by atoms with Crippen LogP contribution >= 0.6 is 11.3 Å². The first-order valence-corrected chi connectivity index (χ1v) is 7.65. The SMILES string of the molecule is C[C@@H](NC1CC(c2ccc(F)cc2)C1)c1cccs1. The van der Waals surface area contributed by atoms with Gasteiger partial charge in [0.15, 0.2) is 0 Å². The number of thiophene rings is 1. The standard InChI is InChI=1S/C16H18FNS/c1-11(16-3-2-8-19-16)18-15-9-13(10-15)12-4-6-14(17)7-5-12/h2-8,11,13,15,18H,9-10H2,1H3/t11-,13?,15?/m1/s1. The van der Waals surface area contributed by atoms with Crippen LogP contribution in [-0.4, -0.2) is 6.04 Å². The Morgan fingerprint density at radius 2 is 1.95 bits per heavy atom. The Morgan fingerprint density at radius 3 is 2.58 bits per heavy atom. The first-order valence-electron chi connectivity index (χ1n) is 6.77. The van der Waals surface area contributed by atoms with Gasteiger partial charge in [0.25, 0.3) is 0 Å². The van der Waals surface area contributed by atoms with E-state index in [0.29, 0.717) is 18.0 Å². The molecule has 1 nitrogen and oxygen atoms in total. The molecule has 1 N–H and O–H groups in total. The minimum absolute atomic E-state index is 0.149. The molecule has 0 amide bonds. The predicted molar refractivity (Wildman–Crippen MR) is 78.0 cm³/mol. The van der Waals surface area contributed by atoms with Crippen molar-refractivity contribution in [2.24, 2.45) is 0 Å². The van der Waals surface area contributed by atoms with Gasteiger partial charge in [0, 0.05) is 17.0 Å². The van der Waals surface area contributed by atoms with Gasteiger partial charge in [0.05, 0.1) is 0 Å². The zero-order chi connectivity index (χ0) is 13.2. The average molecular weight is 275 g/mol. The van der Waals surface area contributed by atoms with Crippen molar-refractivity contribution in [3.05, 3.63) is 58.0 Å². The normalized spacial score (nSPS) is 23.9. The summed E-state index contributed by atoms with van der Waals surface area (Å²) in [4.78, 5) is 1.39. The van der Waals surface area contributed by atoms with E-state index in [4.69, 9.17) is 0 Å². The van der Waals surface area contributed by atoms with Crippen molar-refractivity contribution in [1.29, 1.82) is 0 Å². The molecule has 1 aliphatic carbocycles. The van der Waals surface area contributed by atoms with Crippen molar-refractivity contribution in [2.75, 3.05) is 0 Å². The maximum absolute atomic E-state index is 12.9. The lowest BCUT2D eigenvalue weighted by molar-refractivity contribution is 0.272. The Hall–Kier alpha value is -1.19. The molecular formula is C16H18FNS. The largest absolute Gasteiger partial charge is 0.307 e. The van der Waals surface area contributed by atoms with Crippen LogP contribution in [0, 0.1) is 5.82 Å². The van der Waals surface area contributed by atoms with E-state index in [2.05, 4.69) is 29.8 Å². The van der Waals surface area contributed by atoms with Gasteiger partial charge >= 0.3 is 0 Å². The topological polar surface area (TPSA) is 12.0 Å². The first kappa shape index (κ1) is 12.8. The minimum Gasteiger partial charge on any atom is -0.307 e. The van der Waals surface area contributed by atoms with E-state index in [1.807, 2.05) is 12.1 Å². The molecule has 2 aromatic rings. The van der Waals surface area contributed by atoms with E-state index in [-0.39, 0.29) is 5.82 Å². The summed E-state index contributed by atoms with van der Waals surface area (Å²) in [6.07, 6.45) is 2.31. The van der Waals surface area contributed by atoms with Gasteiger partial charge in [-0.1, -0.05) is 18.2 Å². The van der Waals surface area contributed by atoms with Gasteiger partial charge in [0.1, 0.15) is 5.82 Å². The van der Waals surface area contributed by atoms with Crippen LogP contribution in [0.15, 0.2) is 41.8 Å². The van der Waals surface area contributed by atoms with Crippen LogP contribution in [0.2, 0.25) is 0 Å². The Balaban J connectivity index is 1.51. The molecule has 1 aromatic heterocycles. The van der Waals surface area contributed by atoms with Gasteiger partial charge in [-0.25, -0.2) is 4.39 Å². The molecule has 1 heterocycles. The summed E-state index contributed by atoms with van der Waals surface area (Å²) >= 11 is 1.80. The van der Waals surface area contributed by atoms with Crippen molar-refractivity contribution in [3.8, 4) is 0 Å². The van der Waals surface area contributed by atoms with Crippen molar-refractivity contribution < 1.29 is 4.39 Å². The molecule has 1 aromatic carbocycles. The number of halogens is 1. The molecule has 1 atom stereocenters. The fraction of sp³-hybridized carbons (Fsp3) is 0.375. The van der Waals surface area contributed by atoms with Crippen molar-refractivity contribution in [2.45, 2.75) is 37.8 Å². The third kappa shape index (κ3) is 2.88. The summed E-state index contributed by atoms with van der Waals surface area (Å²) in [6.45, 7) is 2.22. The number of hydrogen-bond donors (Lipinski definition) is 1. The third-order valence-electron chi connectivity index (χ3n) is 3.94. The second-order valence-corrected chi connectivity index (χ2v) is 6.30. The molecule has 0 unspecified atom stereocenters. The Morgan fingerprint density at radius 1 is 1.21 bits per heavy atom. The Bertz CT molecular complexity index is 514. The maximum Gasteiger partial charge on any atom is 0.123 e. The summed E-state index contributed by atoms with van der Waals surface area (Å²) in [7, 11) is 0. The molecule has 0 radical (unpaired) electrons. The van der Waals surface area contributed by atoms with Crippen LogP contribution in [0.3, 0.4) is 0 Å². The second-order valence-electron chi connectivity index (χ2n) is 5.32. The third-order valence-corrected chi connectivity index (χ3v) is 4.99. The number of hydrogen-bond acceptors (Lipinski definition) is 2. The summed E-state index contributed by atoms with van der Waals surface area (Å²) < 4.78 is 12.9. The van der Waals surface area contributed by atoms with Crippen LogP contribution in [0.1, 0.15) is 42.2 Å². The monoisotopic (exact) mass is 275 g/mol. The fourth-order valence-electron chi connectivity index (χ4n) is 2.73. The van der Waals surface area contributed by atoms with E-state index >= 15 is 0 Å². The van der Waals surface area contributed by atoms with E-state index in [9.17, 15) is 4.39 Å². The summed E-state index contributed by atoms with van der Waals surface area (Å²) in [6, 6.07) is 12.2. The first-order chi connectivity index (χ1) is 9.22. The predicted octanol–water partition coefficient (Wildman–Crippen LogP) is 4.48. The fourth-order valence-corrected chi connectivity index (χ4v) is 3.48. The molecule has 1 aliphatic rings. The van der Waals surface area contributed by atoms with Gasteiger partial charge in [-0.2, -0.15) is 0 Å². The number of benzene rings is 1. The van der Waals surface area contributed by atoms with Gasteiger partial charge in [-0.15, -0.1) is 11.3 Å². The maximum atomic E-state index is 12.9. The van der Waals surface area contributed by atoms with Crippen LogP contribution in [0.25, 0.3) is 0 Å². The van der Waals surface area contributed by atoms with Crippen molar-refractivity contribution in [3.63, 3.8) is 0 Å². The second kappa shape index (κ2) is 5.43. The Kier molecular flexibility index (Phi) is 3.67.